The second-order valence-electron chi connectivity index (χ2n) is 11.0. The molecular weight excluding hydrogens is 532 g/mol. The molecule has 1 aromatic carbocycles. The van der Waals surface area contributed by atoms with Crippen LogP contribution in [0.25, 0.3) is 0 Å². The molecule has 2 aromatic rings. The van der Waals surface area contributed by atoms with E-state index in [1.165, 1.54) is 10.8 Å². The minimum atomic E-state index is -0.932. The molecule has 0 bridgehead atoms. The number of aromatic nitrogens is 1. The van der Waals surface area contributed by atoms with Crippen LogP contribution in [0, 0.1) is 0 Å². The van der Waals surface area contributed by atoms with Crippen molar-refractivity contribution in [3.63, 3.8) is 0 Å². The molecule has 0 saturated heterocycles. The fraction of sp³-hybridized carbons (Fsp3) is 0.483. The van der Waals surface area contributed by atoms with Crippen molar-refractivity contribution >= 4 is 24.1 Å². The van der Waals surface area contributed by atoms with E-state index in [0.717, 1.165) is 29.5 Å². The van der Waals surface area contributed by atoms with Gasteiger partial charge in [0.1, 0.15) is 11.7 Å². The van der Waals surface area contributed by atoms with Gasteiger partial charge in [0.15, 0.2) is 0 Å². The summed E-state index contributed by atoms with van der Waals surface area (Å²) in [6.45, 7) is 9.67. The number of hydrogen-bond acceptors (Lipinski definition) is 8. The summed E-state index contributed by atoms with van der Waals surface area (Å²) in [5.74, 6) is -1.66. The number of alkyl carbamates (subject to hydrolysis) is 1. The van der Waals surface area contributed by atoms with E-state index in [9.17, 15) is 24.0 Å². The van der Waals surface area contributed by atoms with Gasteiger partial charge in [0.05, 0.1) is 23.8 Å². The van der Waals surface area contributed by atoms with Crippen LogP contribution >= 0.6 is 0 Å². The van der Waals surface area contributed by atoms with Gasteiger partial charge in [0.2, 0.25) is 0 Å². The smallest absolute Gasteiger partial charge is 0.426 e. The lowest BCUT2D eigenvalue weighted by Gasteiger charge is -2.25. The fourth-order valence-electron chi connectivity index (χ4n) is 3.83. The van der Waals surface area contributed by atoms with Gasteiger partial charge in [-0.25, -0.2) is 24.8 Å². The number of amides is 3. The number of hydrazine groups is 1. The highest BCUT2D eigenvalue weighted by Gasteiger charge is 2.32. The molecule has 1 aromatic heterocycles. The lowest BCUT2D eigenvalue weighted by atomic mass is 10.1. The zero-order valence-corrected chi connectivity index (χ0v) is 24.3. The van der Waals surface area contributed by atoms with Gasteiger partial charge >= 0.3 is 18.2 Å². The number of carbonyl (C=O) groups excluding carboxylic acids is 4. The van der Waals surface area contributed by atoms with Gasteiger partial charge in [-0.1, -0.05) is 30.3 Å². The second kappa shape index (κ2) is 13.3. The van der Waals surface area contributed by atoms with Crippen LogP contribution in [0.1, 0.15) is 92.8 Å². The quantitative estimate of drug-likeness (QED) is 0.260. The van der Waals surface area contributed by atoms with Crippen molar-refractivity contribution in [1.29, 1.82) is 0 Å². The summed E-state index contributed by atoms with van der Waals surface area (Å²) in [7, 11) is 0. The molecule has 1 atom stereocenters. The molecule has 2 N–H and O–H groups in total. The SMILES string of the molecule is CC(C)OC(=O)NN(CCNC(=O)OC(C)c1ccccc1)C(=O)c1cc(=O)n(C2CC2)cc1C(=O)OC(C)(C)C. The summed E-state index contributed by atoms with van der Waals surface area (Å²) >= 11 is 0. The number of ether oxygens (including phenoxy) is 3. The van der Waals surface area contributed by atoms with Crippen molar-refractivity contribution in [2.75, 3.05) is 13.1 Å². The second-order valence-corrected chi connectivity index (χ2v) is 11.0. The van der Waals surface area contributed by atoms with Crippen LogP contribution in [0.2, 0.25) is 0 Å². The molecule has 1 fully saturated rings. The normalized spacial score (nSPS) is 13.6. The highest BCUT2D eigenvalue weighted by molar-refractivity contribution is 6.05. The number of carbonyl (C=O) groups is 4. The fourth-order valence-corrected chi connectivity index (χ4v) is 3.83. The number of benzene rings is 1. The summed E-state index contributed by atoms with van der Waals surface area (Å²) in [6.07, 6.45) is 0.202. The van der Waals surface area contributed by atoms with Crippen LogP contribution in [0.5, 0.6) is 0 Å². The molecule has 12 nitrogen and oxygen atoms in total. The minimum absolute atomic E-state index is 0.0587. The predicted molar refractivity (Wildman–Crippen MR) is 149 cm³/mol. The molecule has 0 aliphatic heterocycles. The zero-order valence-electron chi connectivity index (χ0n) is 24.3. The van der Waals surface area contributed by atoms with E-state index in [-0.39, 0.29) is 30.3 Å². The number of nitrogens with one attached hydrogen (secondary N) is 2. The Kier molecular flexibility index (Phi) is 10.1. The third-order valence-corrected chi connectivity index (χ3v) is 5.84. The van der Waals surface area contributed by atoms with Crippen molar-refractivity contribution < 1.29 is 33.4 Å². The van der Waals surface area contributed by atoms with Crippen LogP contribution in [-0.4, -0.2) is 58.4 Å². The first-order valence-corrected chi connectivity index (χ1v) is 13.5. The van der Waals surface area contributed by atoms with Gasteiger partial charge in [-0.2, -0.15) is 0 Å². The van der Waals surface area contributed by atoms with Gasteiger partial charge in [-0.3, -0.25) is 9.59 Å². The van der Waals surface area contributed by atoms with Crippen LogP contribution in [-0.2, 0) is 14.2 Å². The number of pyridine rings is 1. The largest absolute Gasteiger partial charge is 0.456 e. The van der Waals surface area contributed by atoms with Crippen molar-refractivity contribution in [2.24, 2.45) is 0 Å². The first kappa shape index (κ1) is 31.2. The first-order chi connectivity index (χ1) is 19.2. The molecule has 1 saturated carbocycles. The number of esters is 1. The van der Waals surface area contributed by atoms with Gasteiger partial charge in [-0.15, -0.1) is 0 Å². The number of nitrogens with zero attached hydrogens (tertiary/aromatic N) is 2. The Balaban J connectivity index is 1.82. The number of hydrogen-bond donors (Lipinski definition) is 2. The van der Waals surface area contributed by atoms with Crippen molar-refractivity contribution in [2.45, 2.75) is 78.2 Å². The van der Waals surface area contributed by atoms with Crippen LogP contribution in [0.4, 0.5) is 9.59 Å². The summed E-state index contributed by atoms with van der Waals surface area (Å²) in [5.41, 5.74) is 1.43. The van der Waals surface area contributed by atoms with E-state index in [0.29, 0.717) is 0 Å². The Labute approximate surface area is 238 Å². The Bertz CT molecular complexity index is 1310. The summed E-state index contributed by atoms with van der Waals surface area (Å²) in [5, 5.41) is 3.41. The van der Waals surface area contributed by atoms with Crippen molar-refractivity contribution in [3.05, 3.63) is 69.6 Å². The van der Waals surface area contributed by atoms with Crippen LogP contribution in [0.3, 0.4) is 0 Å². The Morgan fingerprint density at radius 2 is 1.66 bits per heavy atom. The predicted octanol–water partition coefficient (Wildman–Crippen LogP) is 4.12. The van der Waals surface area contributed by atoms with Crippen LogP contribution in [0.15, 0.2) is 47.4 Å². The maximum atomic E-state index is 13.7. The van der Waals surface area contributed by atoms with Gasteiger partial charge in [0.25, 0.3) is 11.5 Å². The molecular formula is C29H38N4O8. The zero-order chi connectivity index (χ0) is 30.3. The molecule has 3 amide bonds. The molecule has 1 unspecified atom stereocenters. The minimum Gasteiger partial charge on any atom is -0.456 e. The molecule has 0 spiro atoms. The Morgan fingerprint density at radius 1 is 1.00 bits per heavy atom. The average molecular weight is 571 g/mol. The van der Waals surface area contributed by atoms with Crippen molar-refractivity contribution in [3.8, 4) is 0 Å². The van der Waals surface area contributed by atoms with E-state index in [1.54, 1.807) is 41.5 Å². The summed E-state index contributed by atoms with van der Waals surface area (Å²) < 4.78 is 17.4. The maximum absolute atomic E-state index is 13.7. The van der Waals surface area contributed by atoms with Gasteiger partial charge < -0.3 is 24.1 Å². The molecule has 0 radical (unpaired) electrons. The lowest BCUT2D eigenvalue weighted by Crippen LogP contribution is -2.50. The van der Waals surface area contributed by atoms with Gasteiger partial charge in [0, 0.05) is 24.8 Å². The molecule has 222 valence electrons. The highest BCUT2D eigenvalue weighted by atomic mass is 16.6. The third kappa shape index (κ3) is 9.37. The molecule has 3 rings (SSSR count). The topological polar surface area (TPSA) is 145 Å². The number of rotatable bonds is 9. The van der Waals surface area contributed by atoms with E-state index in [1.807, 2.05) is 30.3 Å². The van der Waals surface area contributed by atoms with E-state index >= 15 is 0 Å². The first-order valence-electron chi connectivity index (χ1n) is 13.5. The van der Waals surface area contributed by atoms with E-state index in [2.05, 4.69) is 10.7 Å². The standard InChI is InChI=1S/C29H38N4O8/c1-18(2)39-28(38)31-33(15-14-30-27(37)40-19(3)20-10-8-7-9-11-20)25(35)22-16-24(34)32(21-12-13-21)17-23(22)26(36)41-29(4,5)6/h7-11,16-19,21H,12-15H2,1-6H3,(H,30,37)(H,31,38). The lowest BCUT2D eigenvalue weighted by molar-refractivity contribution is 0.00652. The monoisotopic (exact) mass is 570 g/mol. The summed E-state index contributed by atoms with van der Waals surface area (Å²) in [6, 6.07) is 10.1. The van der Waals surface area contributed by atoms with Crippen molar-refractivity contribution in [1.82, 2.24) is 20.3 Å². The van der Waals surface area contributed by atoms with Gasteiger partial charge in [-0.05, 0) is 59.9 Å². The van der Waals surface area contributed by atoms with E-state index in [4.69, 9.17) is 14.2 Å². The molecule has 1 heterocycles. The molecule has 1 aliphatic carbocycles. The Hall–Kier alpha value is -4.35. The summed E-state index contributed by atoms with van der Waals surface area (Å²) in [4.78, 5) is 64.5. The Morgan fingerprint density at radius 3 is 2.24 bits per heavy atom. The molecule has 1 aliphatic rings. The molecule has 12 heteroatoms. The van der Waals surface area contributed by atoms with Crippen LogP contribution < -0.4 is 16.3 Å². The van der Waals surface area contributed by atoms with E-state index < -0.39 is 47.4 Å². The maximum Gasteiger partial charge on any atom is 0.426 e. The average Bonchev–Trinajstić information content (AvgIpc) is 3.72. The third-order valence-electron chi connectivity index (χ3n) is 5.84. The highest BCUT2D eigenvalue weighted by Crippen LogP contribution is 2.34. The molecule has 41 heavy (non-hydrogen) atoms.